The van der Waals surface area contributed by atoms with Crippen LogP contribution in [0.3, 0.4) is 0 Å². The molecular weight excluding hydrogens is 222 g/mol. The highest BCUT2D eigenvalue weighted by molar-refractivity contribution is 5.08. The van der Waals surface area contributed by atoms with Gasteiger partial charge >= 0.3 is 0 Å². The van der Waals surface area contributed by atoms with Crippen molar-refractivity contribution in [2.24, 2.45) is 17.1 Å². The van der Waals surface area contributed by atoms with Crippen molar-refractivity contribution < 1.29 is 0 Å². The van der Waals surface area contributed by atoms with Gasteiger partial charge < -0.3 is 5.73 Å². The molecule has 1 fully saturated rings. The van der Waals surface area contributed by atoms with Crippen molar-refractivity contribution in [3.05, 3.63) is 30.1 Å². The molecule has 18 heavy (non-hydrogen) atoms. The van der Waals surface area contributed by atoms with Crippen molar-refractivity contribution in [2.45, 2.75) is 33.2 Å². The van der Waals surface area contributed by atoms with Gasteiger partial charge in [-0.3, -0.25) is 9.88 Å². The standard InChI is InChI=1S/C15H25N3/c1-15(2)6-9-18(12-14(15)5-7-16)11-13-4-3-8-17-10-13/h3-4,8,10,14H,5-7,9,11-12,16H2,1-2H3. The highest BCUT2D eigenvalue weighted by atomic mass is 15.1. The van der Waals surface area contributed by atoms with E-state index in [1.807, 2.05) is 18.5 Å². The number of rotatable bonds is 4. The monoisotopic (exact) mass is 247 g/mol. The zero-order chi connectivity index (χ0) is 13.0. The molecule has 100 valence electrons. The van der Waals surface area contributed by atoms with Crippen LogP contribution in [0.4, 0.5) is 0 Å². The SMILES string of the molecule is CC1(C)CCN(Cc2cccnc2)CC1CCN. The van der Waals surface area contributed by atoms with Gasteiger partial charge in [-0.15, -0.1) is 0 Å². The summed E-state index contributed by atoms with van der Waals surface area (Å²) < 4.78 is 0. The van der Waals surface area contributed by atoms with Gasteiger partial charge in [0.2, 0.25) is 0 Å². The van der Waals surface area contributed by atoms with Gasteiger partial charge in [-0.05, 0) is 48.9 Å². The van der Waals surface area contributed by atoms with Crippen molar-refractivity contribution >= 4 is 0 Å². The van der Waals surface area contributed by atoms with Crippen LogP contribution in [-0.2, 0) is 6.54 Å². The van der Waals surface area contributed by atoms with E-state index in [1.54, 1.807) is 0 Å². The smallest absolute Gasteiger partial charge is 0.0312 e. The van der Waals surface area contributed by atoms with E-state index < -0.39 is 0 Å². The molecule has 1 atom stereocenters. The molecule has 0 spiro atoms. The Morgan fingerprint density at radius 2 is 2.33 bits per heavy atom. The first-order valence-electron chi connectivity index (χ1n) is 6.93. The van der Waals surface area contributed by atoms with E-state index in [2.05, 4.69) is 29.8 Å². The van der Waals surface area contributed by atoms with Gasteiger partial charge in [-0.25, -0.2) is 0 Å². The van der Waals surface area contributed by atoms with Gasteiger partial charge in [0.1, 0.15) is 0 Å². The number of nitrogens with two attached hydrogens (primary N) is 1. The lowest BCUT2D eigenvalue weighted by atomic mass is 9.72. The Morgan fingerprint density at radius 3 is 3.00 bits per heavy atom. The number of aromatic nitrogens is 1. The highest BCUT2D eigenvalue weighted by Gasteiger charge is 2.34. The summed E-state index contributed by atoms with van der Waals surface area (Å²) in [5, 5.41) is 0. The number of pyridine rings is 1. The second-order valence-electron chi connectivity index (χ2n) is 6.11. The lowest BCUT2D eigenvalue weighted by Crippen LogP contribution is -2.45. The van der Waals surface area contributed by atoms with Crippen LogP contribution in [0.15, 0.2) is 24.5 Å². The minimum absolute atomic E-state index is 0.435. The summed E-state index contributed by atoms with van der Waals surface area (Å²) in [7, 11) is 0. The molecule has 0 radical (unpaired) electrons. The highest BCUT2D eigenvalue weighted by Crippen LogP contribution is 2.37. The van der Waals surface area contributed by atoms with Crippen molar-refractivity contribution in [2.75, 3.05) is 19.6 Å². The molecule has 1 unspecified atom stereocenters. The van der Waals surface area contributed by atoms with Crippen LogP contribution in [0.25, 0.3) is 0 Å². The van der Waals surface area contributed by atoms with Gasteiger partial charge in [0.25, 0.3) is 0 Å². The van der Waals surface area contributed by atoms with E-state index in [9.17, 15) is 0 Å². The predicted molar refractivity (Wildman–Crippen MR) is 75.1 cm³/mol. The first kappa shape index (κ1) is 13.5. The molecule has 0 saturated carbocycles. The lowest BCUT2D eigenvalue weighted by molar-refractivity contribution is 0.0518. The van der Waals surface area contributed by atoms with Gasteiger partial charge in [0.05, 0.1) is 0 Å². The summed E-state index contributed by atoms with van der Waals surface area (Å²) in [6.45, 7) is 8.94. The summed E-state index contributed by atoms with van der Waals surface area (Å²) in [5.41, 5.74) is 7.49. The molecule has 1 aliphatic rings. The van der Waals surface area contributed by atoms with Gasteiger partial charge in [-0.2, -0.15) is 0 Å². The average molecular weight is 247 g/mol. The number of hydrogen-bond donors (Lipinski definition) is 1. The minimum atomic E-state index is 0.435. The van der Waals surface area contributed by atoms with Gasteiger partial charge in [0, 0.05) is 25.5 Å². The summed E-state index contributed by atoms with van der Waals surface area (Å²) in [6, 6.07) is 4.17. The first-order valence-corrected chi connectivity index (χ1v) is 6.93. The maximum Gasteiger partial charge on any atom is 0.0312 e. The molecular formula is C15H25N3. The Kier molecular flexibility index (Phi) is 4.36. The molecule has 1 saturated heterocycles. The van der Waals surface area contributed by atoms with Crippen LogP contribution in [0.2, 0.25) is 0 Å². The number of nitrogens with zero attached hydrogens (tertiary/aromatic N) is 2. The Hall–Kier alpha value is -0.930. The zero-order valence-electron chi connectivity index (χ0n) is 11.6. The molecule has 2 heterocycles. The molecule has 0 amide bonds. The van der Waals surface area contributed by atoms with E-state index in [0.717, 1.165) is 19.5 Å². The Balaban J connectivity index is 1.96. The maximum absolute atomic E-state index is 5.75. The number of likely N-dealkylation sites (tertiary alicyclic amines) is 1. The molecule has 1 aromatic rings. The fourth-order valence-electron chi connectivity index (χ4n) is 2.88. The zero-order valence-corrected chi connectivity index (χ0v) is 11.6. The van der Waals surface area contributed by atoms with Crippen molar-refractivity contribution in [1.82, 2.24) is 9.88 Å². The molecule has 0 aromatic carbocycles. The van der Waals surface area contributed by atoms with Crippen molar-refractivity contribution in [1.29, 1.82) is 0 Å². The topological polar surface area (TPSA) is 42.2 Å². The normalized spacial score (nSPS) is 24.1. The predicted octanol–water partition coefficient (Wildman–Crippen LogP) is 2.28. The fourth-order valence-corrected chi connectivity index (χ4v) is 2.88. The molecule has 2 rings (SSSR count). The minimum Gasteiger partial charge on any atom is -0.330 e. The third-order valence-corrected chi connectivity index (χ3v) is 4.30. The maximum atomic E-state index is 5.75. The molecule has 0 bridgehead atoms. The lowest BCUT2D eigenvalue weighted by Gasteiger charge is -2.44. The Morgan fingerprint density at radius 1 is 1.50 bits per heavy atom. The van der Waals surface area contributed by atoms with Crippen molar-refractivity contribution in [3.63, 3.8) is 0 Å². The summed E-state index contributed by atoms with van der Waals surface area (Å²) >= 11 is 0. The number of hydrogen-bond acceptors (Lipinski definition) is 3. The third-order valence-electron chi connectivity index (χ3n) is 4.30. The van der Waals surface area contributed by atoms with E-state index in [1.165, 1.54) is 25.1 Å². The van der Waals surface area contributed by atoms with E-state index in [-0.39, 0.29) is 0 Å². The van der Waals surface area contributed by atoms with Crippen molar-refractivity contribution in [3.8, 4) is 0 Å². The molecule has 0 aliphatic carbocycles. The van der Waals surface area contributed by atoms with E-state index in [0.29, 0.717) is 11.3 Å². The second-order valence-corrected chi connectivity index (χ2v) is 6.11. The van der Waals surface area contributed by atoms with E-state index in [4.69, 9.17) is 5.73 Å². The molecule has 2 N–H and O–H groups in total. The molecule has 1 aromatic heterocycles. The Bertz CT molecular complexity index is 361. The number of piperidine rings is 1. The molecule has 3 heteroatoms. The van der Waals surface area contributed by atoms with Crippen LogP contribution in [0, 0.1) is 11.3 Å². The van der Waals surface area contributed by atoms with Crippen LogP contribution in [0.5, 0.6) is 0 Å². The average Bonchev–Trinajstić information content (AvgIpc) is 2.35. The van der Waals surface area contributed by atoms with Gasteiger partial charge in [0.15, 0.2) is 0 Å². The van der Waals surface area contributed by atoms with E-state index >= 15 is 0 Å². The first-order chi connectivity index (χ1) is 8.62. The van der Waals surface area contributed by atoms with Gasteiger partial charge in [-0.1, -0.05) is 19.9 Å². The molecule has 1 aliphatic heterocycles. The van der Waals surface area contributed by atoms with Crippen LogP contribution in [-0.4, -0.2) is 29.5 Å². The quantitative estimate of drug-likeness (QED) is 0.887. The largest absolute Gasteiger partial charge is 0.330 e. The second kappa shape index (κ2) is 5.81. The van der Waals surface area contributed by atoms with Crippen LogP contribution in [0.1, 0.15) is 32.3 Å². The molecule has 3 nitrogen and oxygen atoms in total. The van der Waals surface area contributed by atoms with Crippen LogP contribution >= 0.6 is 0 Å². The third kappa shape index (κ3) is 3.30. The van der Waals surface area contributed by atoms with Crippen LogP contribution < -0.4 is 5.73 Å². The fraction of sp³-hybridized carbons (Fsp3) is 0.667. The summed E-state index contributed by atoms with van der Waals surface area (Å²) in [6.07, 6.45) is 6.20. The summed E-state index contributed by atoms with van der Waals surface area (Å²) in [5.74, 6) is 0.716. The Labute approximate surface area is 110 Å². The summed E-state index contributed by atoms with van der Waals surface area (Å²) in [4.78, 5) is 6.73.